The minimum absolute atomic E-state index is 0.496. The van der Waals surface area contributed by atoms with Gasteiger partial charge in [-0.15, -0.1) is 0 Å². The number of hydrogen-bond donors (Lipinski definition) is 0. The normalized spacial score (nSPS) is 59.0. The van der Waals surface area contributed by atoms with Gasteiger partial charge in [0.1, 0.15) is 0 Å². The molecule has 0 radical (unpaired) electrons. The Morgan fingerprint density at radius 3 is 1.71 bits per heavy atom. The van der Waals surface area contributed by atoms with Crippen molar-refractivity contribution in [3.8, 4) is 0 Å². The molecule has 2 nitrogen and oxygen atoms in total. The molecule has 0 aromatic rings. The average Bonchev–Trinajstić information content (AvgIpc) is 2.62. The van der Waals surface area contributed by atoms with E-state index in [4.69, 9.17) is 0 Å². The van der Waals surface area contributed by atoms with Gasteiger partial charge in [0, 0.05) is 0 Å². The van der Waals surface area contributed by atoms with Crippen LogP contribution in [-0.4, -0.2) is 19.9 Å². The number of rotatable bonds is 0. The van der Waals surface area contributed by atoms with Crippen LogP contribution in [0.2, 0.25) is 0 Å². The number of fused-ring (bicyclic) bond motifs is 5. The van der Waals surface area contributed by atoms with Gasteiger partial charge in [-0.2, -0.15) is 0 Å². The highest BCUT2D eigenvalue weighted by molar-refractivity contribution is 7.91. The van der Waals surface area contributed by atoms with Crippen LogP contribution in [0.1, 0.15) is 20.3 Å². The van der Waals surface area contributed by atoms with Gasteiger partial charge in [-0.1, -0.05) is 13.8 Å². The van der Waals surface area contributed by atoms with Crippen LogP contribution in [-0.2, 0) is 9.84 Å². The van der Waals surface area contributed by atoms with Crippen molar-refractivity contribution in [2.45, 2.75) is 20.3 Å². The van der Waals surface area contributed by atoms with Crippen LogP contribution in [0.15, 0.2) is 0 Å². The molecule has 1 saturated heterocycles. The summed E-state index contributed by atoms with van der Waals surface area (Å²) in [7, 11) is -2.68. The molecular weight excluding hydrogens is 196 g/mol. The summed E-state index contributed by atoms with van der Waals surface area (Å²) in [6, 6.07) is 0. The maximum Gasteiger partial charge on any atom is 0.150 e. The maximum absolute atomic E-state index is 11.6. The first kappa shape index (κ1) is 9.20. The van der Waals surface area contributed by atoms with E-state index in [0.717, 1.165) is 23.7 Å². The summed E-state index contributed by atoms with van der Waals surface area (Å²) in [4.78, 5) is 0. The first-order valence-electron chi connectivity index (χ1n) is 5.70. The topological polar surface area (TPSA) is 34.1 Å². The molecule has 6 unspecified atom stereocenters. The van der Waals surface area contributed by atoms with E-state index in [2.05, 4.69) is 13.8 Å². The third kappa shape index (κ3) is 0.995. The highest BCUT2D eigenvalue weighted by atomic mass is 32.2. The monoisotopic (exact) mass is 214 g/mol. The van der Waals surface area contributed by atoms with Crippen molar-refractivity contribution in [1.82, 2.24) is 0 Å². The zero-order valence-corrected chi connectivity index (χ0v) is 9.63. The third-order valence-corrected chi connectivity index (χ3v) is 7.05. The lowest BCUT2D eigenvalue weighted by Gasteiger charge is -2.33. The SMILES string of the molecule is CC1C(C)C2CC1C1CS(=O)(=O)CC21. The molecule has 3 fully saturated rings. The van der Waals surface area contributed by atoms with Crippen molar-refractivity contribution in [1.29, 1.82) is 0 Å². The van der Waals surface area contributed by atoms with Crippen LogP contribution in [0.3, 0.4) is 0 Å². The van der Waals surface area contributed by atoms with E-state index in [-0.39, 0.29) is 0 Å². The van der Waals surface area contributed by atoms with Crippen molar-refractivity contribution in [3.63, 3.8) is 0 Å². The summed E-state index contributed by atoms with van der Waals surface area (Å²) in [5.41, 5.74) is 0. The lowest BCUT2D eigenvalue weighted by Crippen LogP contribution is -2.31. The quantitative estimate of drug-likeness (QED) is 0.613. The molecule has 1 heterocycles. The maximum atomic E-state index is 11.6. The van der Waals surface area contributed by atoms with Gasteiger partial charge in [-0.25, -0.2) is 8.42 Å². The Kier molecular flexibility index (Phi) is 1.67. The van der Waals surface area contributed by atoms with Crippen LogP contribution in [0, 0.1) is 35.5 Å². The predicted octanol–water partition coefficient (Wildman–Crippen LogP) is 1.57. The fourth-order valence-electron chi connectivity index (χ4n) is 4.44. The summed E-state index contributed by atoms with van der Waals surface area (Å²) in [6.07, 6.45) is 1.31. The van der Waals surface area contributed by atoms with Gasteiger partial charge in [-0.3, -0.25) is 0 Å². The molecule has 0 N–H and O–H groups in total. The largest absolute Gasteiger partial charge is 0.229 e. The molecule has 0 aromatic carbocycles. The van der Waals surface area contributed by atoms with Crippen molar-refractivity contribution in [2.24, 2.45) is 35.5 Å². The molecule has 6 atom stereocenters. The number of sulfone groups is 1. The van der Waals surface area contributed by atoms with Crippen molar-refractivity contribution in [2.75, 3.05) is 11.5 Å². The Balaban J connectivity index is 1.96. The van der Waals surface area contributed by atoms with Gasteiger partial charge < -0.3 is 0 Å². The van der Waals surface area contributed by atoms with Crippen LogP contribution < -0.4 is 0 Å². The smallest absolute Gasteiger partial charge is 0.150 e. The first-order valence-corrected chi connectivity index (χ1v) is 7.52. The molecule has 3 rings (SSSR count). The van der Waals surface area contributed by atoms with E-state index in [9.17, 15) is 8.42 Å². The van der Waals surface area contributed by atoms with Gasteiger partial charge in [0.2, 0.25) is 0 Å². The Bertz CT molecular complexity index is 331. The van der Waals surface area contributed by atoms with Gasteiger partial charge >= 0.3 is 0 Å². The van der Waals surface area contributed by atoms with Crippen molar-refractivity contribution >= 4 is 9.84 Å². The second-order valence-electron chi connectivity index (χ2n) is 5.69. The Labute approximate surface area is 86.0 Å². The Hall–Kier alpha value is -0.0500. The highest BCUT2D eigenvalue weighted by Gasteiger charge is 2.59. The second kappa shape index (κ2) is 2.55. The van der Waals surface area contributed by atoms with E-state index in [1.165, 1.54) is 6.42 Å². The Morgan fingerprint density at radius 2 is 1.29 bits per heavy atom. The molecule has 2 bridgehead atoms. The van der Waals surface area contributed by atoms with Crippen molar-refractivity contribution in [3.05, 3.63) is 0 Å². The molecule has 3 heteroatoms. The van der Waals surface area contributed by atoms with Gasteiger partial charge in [0.05, 0.1) is 11.5 Å². The summed E-state index contributed by atoms with van der Waals surface area (Å²) in [5.74, 6) is 5.00. The molecule has 0 amide bonds. The molecule has 1 aliphatic heterocycles. The summed E-state index contributed by atoms with van der Waals surface area (Å²) in [6.45, 7) is 4.63. The fourth-order valence-corrected chi connectivity index (χ4v) is 6.73. The highest BCUT2D eigenvalue weighted by Crippen LogP contribution is 2.60. The standard InChI is InChI=1S/C11H18O2S/c1-6-7(2)9-3-8(6)10-4-14(12,13)5-11(9)10/h6-11H,3-5H2,1-2H3. The zero-order valence-electron chi connectivity index (χ0n) is 8.81. The molecule has 3 aliphatic rings. The molecule has 0 spiro atoms. The number of hydrogen-bond acceptors (Lipinski definition) is 2. The molecule has 14 heavy (non-hydrogen) atoms. The van der Waals surface area contributed by atoms with E-state index >= 15 is 0 Å². The minimum atomic E-state index is -2.68. The summed E-state index contributed by atoms with van der Waals surface area (Å²) >= 11 is 0. The summed E-state index contributed by atoms with van der Waals surface area (Å²) < 4.78 is 23.2. The average molecular weight is 214 g/mol. The van der Waals surface area contributed by atoms with E-state index in [1.807, 2.05) is 0 Å². The summed E-state index contributed by atoms with van der Waals surface area (Å²) in [5, 5.41) is 0. The van der Waals surface area contributed by atoms with Crippen LogP contribution in [0.5, 0.6) is 0 Å². The fraction of sp³-hybridized carbons (Fsp3) is 1.00. The Morgan fingerprint density at radius 1 is 0.857 bits per heavy atom. The van der Waals surface area contributed by atoms with Gasteiger partial charge in [0.25, 0.3) is 0 Å². The molecule has 2 saturated carbocycles. The zero-order chi connectivity index (χ0) is 10.1. The first-order chi connectivity index (χ1) is 6.49. The van der Waals surface area contributed by atoms with E-state index in [1.54, 1.807) is 0 Å². The predicted molar refractivity (Wildman–Crippen MR) is 55.6 cm³/mol. The molecule has 80 valence electrons. The molecule has 2 aliphatic carbocycles. The van der Waals surface area contributed by atoms with Gasteiger partial charge in [-0.05, 0) is 41.9 Å². The second-order valence-corrected chi connectivity index (χ2v) is 7.84. The van der Waals surface area contributed by atoms with Crippen LogP contribution in [0.25, 0.3) is 0 Å². The van der Waals surface area contributed by atoms with Crippen LogP contribution in [0.4, 0.5) is 0 Å². The lowest BCUT2D eigenvalue weighted by atomic mass is 9.71. The minimum Gasteiger partial charge on any atom is -0.229 e. The van der Waals surface area contributed by atoms with Crippen LogP contribution >= 0.6 is 0 Å². The molecule has 0 aromatic heterocycles. The van der Waals surface area contributed by atoms with E-state index in [0.29, 0.717) is 23.3 Å². The van der Waals surface area contributed by atoms with Crippen molar-refractivity contribution < 1.29 is 8.42 Å². The van der Waals surface area contributed by atoms with E-state index < -0.39 is 9.84 Å². The van der Waals surface area contributed by atoms with Gasteiger partial charge in [0.15, 0.2) is 9.84 Å². The lowest BCUT2D eigenvalue weighted by molar-refractivity contribution is 0.153. The third-order valence-electron chi connectivity index (χ3n) is 5.27. The molecular formula is C11H18O2S.